The Kier molecular flexibility index (Phi) is 6.94. The van der Waals surface area contributed by atoms with Crippen LogP contribution in [0.3, 0.4) is 0 Å². The van der Waals surface area contributed by atoms with Crippen LogP contribution in [0, 0.1) is 13.8 Å². The molecule has 1 aromatic heterocycles. The minimum Gasteiger partial charge on any atom is -0.496 e. The first-order valence-electron chi connectivity index (χ1n) is 7.65. The first kappa shape index (κ1) is 18.6. The van der Waals surface area contributed by atoms with Gasteiger partial charge in [-0.05, 0) is 38.1 Å². The maximum absolute atomic E-state index is 12.0. The molecule has 4 nitrogen and oxygen atoms in total. The first-order chi connectivity index (χ1) is 11.5. The highest BCUT2D eigenvalue weighted by Crippen LogP contribution is 2.24. The predicted molar refractivity (Wildman–Crippen MR) is 98.9 cm³/mol. The van der Waals surface area contributed by atoms with Gasteiger partial charge in [-0.3, -0.25) is 9.78 Å². The van der Waals surface area contributed by atoms with Crippen molar-refractivity contribution in [2.24, 2.45) is 0 Å². The minimum absolute atomic E-state index is 0.0113. The lowest BCUT2D eigenvalue weighted by Crippen LogP contribution is -2.24. The Bertz CT molecular complexity index is 705. The molecule has 2 rings (SSSR count). The molecule has 1 aromatic carbocycles. The number of benzene rings is 1. The van der Waals surface area contributed by atoms with Crippen LogP contribution in [0.25, 0.3) is 0 Å². The molecule has 0 radical (unpaired) electrons. The normalized spacial score (nSPS) is 10.5. The van der Waals surface area contributed by atoms with Crippen molar-refractivity contribution in [2.45, 2.75) is 31.7 Å². The van der Waals surface area contributed by atoms with E-state index in [1.54, 1.807) is 25.1 Å². The van der Waals surface area contributed by atoms with Crippen LogP contribution in [0.1, 0.15) is 23.2 Å². The van der Waals surface area contributed by atoms with Gasteiger partial charge in [-0.1, -0.05) is 11.6 Å². The number of hydrogen-bond donors (Lipinski definition) is 1. The number of pyridine rings is 1. The highest BCUT2D eigenvalue weighted by Gasteiger charge is 2.10. The van der Waals surface area contributed by atoms with E-state index in [9.17, 15) is 4.79 Å². The van der Waals surface area contributed by atoms with Gasteiger partial charge in [0.05, 0.1) is 19.3 Å². The SMILES string of the molecule is COc1c(C)cnc(CNC(=O)CCSc2ccc(Cl)cc2)c1C. The monoisotopic (exact) mass is 364 g/mol. The van der Waals surface area contributed by atoms with E-state index in [-0.39, 0.29) is 5.91 Å². The molecule has 0 saturated heterocycles. The van der Waals surface area contributed by atoms with Crippen LogP contribution in [-0.2, 0) is 11.3 Å². The molecule has 0 unspecified atom stereocenters. The molecule has 0 aliphatic rings. The average Bonchev–Trinajstić information content (AvgIpc) is 2.56. The lowest BCUT2D eigenvalue weighted by Gasteiger charge is -2.12. The number of rotatable bonds is 7. The summed E-state index contributed by atoms with van der Waals surface area (Å²) < 4.78 is 5.38. The molecule has 0 spiro atoms. The molecule has 0 aliphatic carbocycles. The molecule has 0 atom stereocenters. The van der Waals surface area contributed by atoms with E-state index < -0.39 is 0 Å². The summed E-state index contributed by atoms with van der Waals surface area (Å²) in [6.07, 6.45) is 2.22. The summed E-state index contributed by atoms with van der Waals surface area (Å²) in [6.45, 7) is 4.32. The zero-order chi connectivity index (χ0) is 17.5. The molecule has 0 fully saturated rings. The average molecular weight is 365 g/mol. The number of aryl methyl sites for hydroxylation is 1. The number of amides is 1. The lowest BCUT2D eigenvalue weighted by molar-refractivity contribution is -0.120. The van der Waals surface area contributed by atoms with Gasteiger partial charge in [0.25, 0.3) is 0 Å². The number of hydrogen-bond acceptors (Lipinski definition) is 4. The Hall–Kier alpha value is -1.72. The van der Waals surface area contributed by atoms with Gasteiger partial charge in [-0.25, -0.2) is 0 Å². The van der Waals surface area contributed by atoms with Crippen LogP contribution < -0.4 is 10.1 Å². The zero-order valence-electron chi connectivity index (χ0n) is 14.1. The van der Waals surface area contributed by atoms with Gasteiger partial charge in [0.2, 0.25) is 5.91 Å². The standard InChI is InChI=1S/C18H21ClN2O2S/c1-12-10-20-16(13(2)18(12)23-3)11-21-17(22)8-9-24-15-6-4-14(19)5-7-15/h4-7,10H,8-9,11H2,1-3H3,(H,21,22). The fourth-order valence-corrected chi connectivity index (χ4v) is 3.29. The number of thioether (sulfide) groups is 1. The van der Waals surface area contributed by atoms with Crippen LogP contribution in [0.15, 0.2) is 35.4 Å². The van der Waals surface area contributed by atoms with E-state index in [0.717, 1.165) is 33.2 Å². The van der Waals surface area contributed by atoms with Gasteiger partial charge >= 0.3 is 0 Å². The number of carbonyl (C=O) groups is 1. The lowest BCUT2D eigenvalue weighted by atomic mass is 10.1. The van der Waals surface area contributed by atoms with Crippen molar-refractivity contribution in [1.29, 1.82) is 0 Å². The Morgan fingerprint density at radius 3 is 2.67 bits per heavy atom. The van der Waals surface area contributed by atoms with Crippen LogP contribution in [0.2, 0.25) is 5.02 Å². The number of halogens is 1. The third kappa shape index (κ3) is 5.14. The van der Waals surface area contributed by atoms with Gasteiger partial charge < -0.3 is 10.1 Å². The Morgan fingerprint density at radius 2 is 2.00 bits per heavy atom. The largest absolute Gasteiger partial charge is 0.496 e. The van der Waals surface area contributed by atoms with Crippen molar-refractivity contribution >= 4 is 29.3 Å². The second-order valence-electron chi connectivity index (χ2n) is 5.38. The summed E-state index contributed by atoms with van der Waals surface area (Å²) in [6, 6.07) is 7.61. The third-order valence-electron chi connectivity index (χ3n) is 3.61. The van der Waals surface area contributed by atoms with Crippen molar-refractivity contribution in [2.75, 3.05) is 12.9 Å². The van der Waals surface area contributed by atoms with E-state index in [2.05, 4.69) is 10.3 Å². The highest BCUT2D eigenvalue weighted by molar-refractivity contribution is 7.99. The highest BCUT2D eigenvalue weighted by atomic mass is 35.5. The predicted octanol–water partition coefficient (Wildman–Crippen LogP) is 4.16. The molecule has 24 heavy (non-hydrogen) atoms. The van der Waals surface area contributed by atoms with E-state index in [4.69, 9.17) is 16.3 Å². The first-order valence-corrected chi connectivity index (χ1v) is 9.01. The number of aromatic nitrogens is 1. The van der Waals surface area contributed by atoms with E-state index in [1.807, 2.05) is 38.1 Å². The van der Waals surface area contributed by atoms with Gasteiger partial charge in [0.15, 0.2) is 0 Å². The molecule has 0 bridgehead atoms. The summed E-state index contributed by atoms with van der Waals surface area (Å²) in [4.78, 5) is 17.5. The van der Waals surface area contributed by atoms with Crippen LogP contribution in [0.5, 0.6) is 5.75 Å². The maximum atomic E-state index is 12.0. The quantitative estimate of drug-likeness (QED) is 0.749. The number of nitrogens with one attached hydrogen (secondary N) is 1. The van der Waals surface area contributed by atoms with Crippen molar-refractivity contribution in [1.82, 2.24) is 10.3 Å². The van der Waals surface area contributed by atoms with Crippen molar-refractivity contribution in [3.63, 3.8) is 0 Å². The topological polar surface area (TPSA) is 51.2 Å². The molecule has 2 aromatic rings. The summed E-state index contributed by atoms with van der Waals surface area (Å²) in [5.41, 5.74) is 2.79. The second-order valence-corrected chi connectivity index (χ2v) is 6.98. The van der Waals surface area contributed by atoms with Crippen LogP contribution in [0.4, 0.5) is 0 Å². The molecular weight excluding hydrogens is 344 g/mol. The van der Waals surface area contributed by atoms with Crippen LogP contribution >= 0.6 is 23.4 Å². The minimum atomic E-state index is 0.0113. The maximum Gasteiger partial charge on any atom is 0.221 e. The second kappa shape index (κ2) is 8.94. The Morgan fingerprint density at radius 1 is 1.29 bits per heavy atom. The molecule has 1 heterocycles. The van der Waals surface area contributed by atoms with Crippen LogP contribution in [-0.4, -0.2) is 23.8 Å². The van der Waals surface area contributed by atoms with Crippen molar-refractivity contribution < 1.29 is 9.53 Å². The number of ether oxygens (including phenoxy) is 1. The van der Waals surface area contributed by atoms with E-state index in [1.165, 1.54) is 0 Å². The molecule has 0 aliphatic heterocycles. The summed E-state index contributed by atoms with van der Waals surface area (Å²) in [5.74, 6) is 1.56. The molecule has 1 N–H and O–H groups in total. The fourth-order valence-electron chi connectivity index (χ4n) is 2.31. The van der Waals surface area contributed by atoms with E-state index >= 15 is 0 Å². The van der Waals surface area contributed by atoms with Crippen molar-refractivity contribution in [3.8, 4) is 5.75 Å². The number of methoxy groups -OCH3 is 1. The molecule has 0 saturated carbocycles. The van der Waals surface area contributed by atoms with E-state index in [0.29, 0.717) is 18.0 Å². The van der Waals surface area contributed by atoms with Crippen molar-refractivity contribution in [3.05, 3.63) is 52.3 Å². The Balaban J connectivity index is 1.80. The summed E-state index contributed by atoms with van der Waals surface area (Å²) in [5, 5.41) is 3.63. The fraction of sp³-hybridized carbons (Fsp3) is 0.333. The van der Waals surface area contributed by atoms with Gasteiger partial charge in [-0.15, -0.1) is 11.8 Å². The summed E-state index contributed by atoms with van der Waals surface area (Å²) >= 11 is 7.49. The molecule has 6 heteroatoms. The molecular formula is C18H21ClN2O2S. The Labute approximate surface area is 152 Å². The smallest absolute Gasteiger partial charge is 0.221 e. The zero-order valence-corrected chi connectivity index (χ0v) is 15.6. The van der Waals surface area contributed by atoms with Gasteiger partial charge in [0, 0.05) is 39.4 Å². The third-order valence-corrected chi connectivity index (χ3v) is 4.88. The molecule has 128 valence electrons. The van der Waals surface area contributed by atoms with Gasteiger partial charge in [-0.2, -0.15) is 0 Å². The summed E-state index contributed by atoms with van der Waals surface area (Å²) in [7, 11) is 1.64. The number of nitrogens with zero attached hydrogens (tertiary/aromatic N) is 1. The van der Waals surface area contributed by atoms with Gasteiger partial charge in [0.1, 0.15) is 5.75 Å². The number of carbonyl (C=O) groups excluding carboxylic acids is 1. The molecule has 1 amide bonds.